The maximum absolute atomic E-state index is 13.4. The Balaban J connectivity index is 2.33. The van der Waals surface area contributed by atoms with Gasteiger partial charge in [0.05, 0.1) is 0 Å². The van der Waals surface area contributed by atoms with Crippen LogP contribution >= 0.6 is 0 Å². The molecule has 0 radical (unpaired) electrons. The van der Waals surface area contributed by atoms with Crippen LogP contribution in [0, 0.1) is 17.6 Å². The van der Waals surface area contributed by atoms with Gasteiger partial charge in [0.1, 0.15) is 17.4 Å². The van der Waals surface area contributed by atoms with Crippen molar-refractivity contribution in [1.82, 2.24) is 0 Å². The molecule has 0 aromatic heterocycles. The normalized spacial score (nSPS) is 18.6. The van der Waals surface area contributed by atoms with E-state index in [0.29, 0.717) is 0 Å². The minimum absolute atomic E-state index is 0.0427. The number of rotatable bonds is 2. The number of aromatic hydroxyl groups is 1. The smallest absolute Gasteiger partial charge is 0.134 e. The third-order valence-corrected chi connectivity index (χ3v) is 3.06. The number of nitrogens with two attached hydrogens (primary N) is 1. The lowest BCUT2D eigenvalue weighted by atomic mass is 9.77. The minimum Gasteiger partial charge on any atom is -0.507 e. The summed E-state index contributed by atoms with van der Waals surface area (Å²) in [6, 6.07) is 1.13. The second-order valence-corrected chi connectivity index (χ2v) is 4.04. The largest absolute Gasteiger partial charge is 0.507 e. The molecule has 1 aromatic carbocycles. The Morgan fingerprint density at radius 3 is 2.47 bits per heavy atom. The fourth-order valence-electron chi connectivity index (χ4n) is 1.94. The standard InChI is InChI=1S/C11H13F2NO/c12-7-4-8(13)10(9(15)5-7)11(14)6-2-1-3-6/h4-6,11,15H,1-3,14H2/t11-/m1/s1. The Morgan fingerprint density at radius 1 is 1.33 bits per heavy atom. The molecule has 0 spiro atoms. The summed E-state index contributed by atoms with van der Waals surface area (Å²) >= 11 is 0. The van der Waals surface area contributed by atoms with E-state index in [9.17, 15) is 13.9 Å². The maximum atomic E-state index is 13.4. The van der Waals surface area contributed by atoms with Gasteiger partial charge < -0.3 is 10.8 Å². The Hall–Kier alpha value is -1.16. The summed E-state index contributed by atoms with van der Waals surface area (Å²) < 4.78 is 26.1. The highest BCUT2D eigenvalue weighted by molar-refractivity contribution is 5.37. The van der Waals surface area contributed by atoms with Crippen molar-refractivity contribution in [2.45, 2.75) is 25.3 Å². The van der Waals surface area contributed by atoms with E-state index in [1.54, 1.807) is 0 Å². The summed E-state index contributed by atoms with van der Waals surface area (Å²) in [6.07, 6.45) is 2.97. The van der Waals surface area contributed by atoms with Crippen molar-refractivity contribution in [3.8, 4) is 5.75 Å². The minimum atomic E-state index is -0.783. The SMILES string of the molecule is N[C@@H](c1c(O)cc(F)cc1F)C1CCC1. The third kappa shape index (κ3) is 1.81. The summed E-state index contributed by atoms with van der Waals surface area (Å²) in [5, 5.41) is 9.45. The van der Waals surface area contributed by atoms with Gasteiger partial charge in [0.2, 0.25) is 0 Å². The lowest BCUT2D eigenvalue weighted by molar-refractivity contribution is 0.255. The van der Waals surface area contributed by atoms with Crippen LogP contribution in [-0.4, -0.2) is 5.11 Å². The van der Waals surface area contributed by atoms with Crippen LogP contribution in [-0.2, 0) is 0 Å². The molecule has 1 atom stereocenters. The van der Waals surface area contributed by atoms with E-state index in [1.807, 2.05) is 0 Å². The molecule has 0 unspecified atom stereocenters. The molecule has 3 N–H and O–H groups in total. The first-order chi connectivity index (χ1) is 7.09. The molecule has 0 aliphatic heterocycles. The van der Waals surface area contributed by atoms with E-state index in [-0.39, 0.29) is 17.2 Å². The Morgan fingerprint density at radius 2 is 2.00 bits per heavy atom. The molecule has 82 valence electrons. The highest BCUT2D eigenvalue weighted by Crippen LogP contribution is 2.40. The van der Waals surface area contributed by atoms with Gasteiger partial charge in [-0.1, -0.05) is 6.42 Å². The van der Waals surface area contributed by atoms with Gasteiger partial charge in [-0.25, -0.2) is 8.78 Å². The van der Waals surface area contributed by atoms with Gasteiger partial charge in [-0.3, -0.25) is 0 Å². The summed E-state index contributed by atoms with van der Waals surface area (Å²) in [6.45, 7) is 0. The van der Waals surface area contributed by atoms with Crippen LogP contribution in [0.5, 0.6) is 5.75 Å². The lowest BCUT2D eigenvalue weighted by Gasteiger charge is -2.31. The summed E-state index contributed by atoms with van der Waals surface area (Å²) in [4.78, 5) is 0. The molecule has 0 saturated heterocycles. The van der Waals surface area contributed by atoms with Crippen molar-refractivity contribution >= 4 is 0 Å². The highest BCUT2D eigenvalue weighted by atomic mass is 19.1. The van der Waals surface area contributed by atoms with E-state index in [0.717, 1.165) is 31.4 Å². The Labute approximate surface area is 86.7 Å². The predicted molar refractivity (Wildman–Crippen MR) is 52.3 cm³/mol. The zero-order valence-corrected chi connectivity index (χ0v) is 8.21. The predicted octanol–water partition coefficient (Wildman–Crippen LogP) is 2.47. The highest BCUT2D eigenvalue weighted by Gasteiger charge is 2.29. The number of hydrogen-bond acceptors (Lipinski definition) is 2. The number of phenolic OH excluding ortho intramolecular Hbond substituents is 1. The number of phenols is 1. The summed E-state index contributed by atoms with van der Waals surface area (Å²) in [5.74, 6) is -1.72. The molecule has 0 bridgehead atoms. The van der Waals surface area contributed by atoms with Gasteiger partial charge in [0.15, 0.2) is 0 Å². The molecule has 1 aliphatic carbocycles. The molecule has 1 saturated carbocycles. The van der Waals surface area contributed by atoms with E-state index < -0.39 is 17.7 Å². The Kier molecular flexibility index (Phi) is 2.61. The molecular weight excluding hydrogens is 200 g/mol. The van der Waals surface area contributed by atoms with Gasteiger partial charge in [0, 0.05) is 23.7 Å². The van der Waals surface area contributed by atoms with E-state index >= 15 is 0 Å². The summed E-state index contributed by atoms with van der Waals surface area (Å²) in [5.41, 5.74) is 5.87. The van der Waals surface area contributed by atoms with E-state index in [4.69, 9.17) is 5.73 Å². The zero-order valence-electron chi connectivity index (χ0n) is 8.21. The number of halogens is 2. The third-order valence-electron chi connectivity index (χ3n) is 3.06. The van der Waals surface area contributed by atoms with Crippen molar-refractivity contribution in [1.29, 1.82) is 0 Å². The zero-order chi connectivity index (χ0) is 11.0. The van der Waals surface area contributed by atoms with Gasteiger partial charge in [-0.2, -0.15) is 0 Å². The first-order valence-corrected chi connectivity index (χ1v) is 5.03. The molecule has 15 heavy (non-hydrogen) atoms. The Bertz CT molecular complexity index is 354. The van der Waals surface area contributed by atoms with Gasteiger partial charge in [-0.15, -0.1) is 0 Å². The van der Waals surface area contributed by atoms with Crippen molar-refractivity contribution in [2.24, 2.45) is 11.7 Å². The van der Waals surface area contributed by atoms with E-state index in [2.05, 4.69) is 0 Å². The van der Waals surface area contributed by atoms with Crippen molar-refractivity contribution in [3.05, 3.63) is 29.3 Å². The monoisotopic (exact) mass is 213 g/mol. The van der Waals surface area contributed by atoms with E-state index in [1.165, 1.54) is 0 Å². The second kappa shape index (κ2) is 3.77. The average molecular weight is 213 g/mol. The van der Waals surface area contributed by atoms with Gasteiger partial charge >= 0.3 is 0 Å². The maximum Gasteiger partial charge on any atom is 0.134 e. The molecule has 1 aromatic rings. The summed E-state index contributed by atoms with van der Waals surface area (Å²) in [7, 11) is 0. The van der Waals surface area contributed by atoms with Crippen LogP contribution in [0.1, 0.15) is 30.9 Å². The molecule has 2 rings (SSSR count). The van der Waals surface area contributed by atoms with Gasteiger partial charge in [0.25, 0.3) is 0 Å². The van der Waals surface area contributed by atoms with Crippen molar-refractivity contribution in [3.63, 3.8) is 0 Å². The molecule has 1 fully saturated rings. The van der Waals surface area contributed by atoms with Crippen LogP contribution in [0.3, 0.4) is 0 Å². The van der Waals surface area contributed by atoms with Crippen LogP contribution < -0.4 is 5.73 Å². The molecule has 0 amide bonds. The average Bonchev–Trinajstić information content (AvgIpc) is 1.97. The lowest BCUT2D eigenvalue weighted by Crippen LogP contribution is -2.27. The fourth-order valence-corrected chi connectivity index (χ4v) is 1.94. The van der Waals surface area contributed by atoms with Crippen LogP contribution in [0.4, 0.5) is 8.78 Å². The van der Waals surface area contributed by atoms with Crippen LogP contribution in [0.25, 0.3) is 0 Å². The second-order valence-electron chi connectivity index (χ2n) is 4.04. The van der Waals surface area contributed by atoms with Crippen LogP contribution in [0.2, 0.25) is 0 Å². The molecule has 0 heterocycles. The topological polar surface area (TPSA) is 46.2 Å². The first kappa shape index (κ1) is 10.4. The molecule has 1 aliphatic rings. The fraction of sp³-hybridized carbons (Fsp3) is 0.455. The molecule has 4 heteroatoms. The number of benzene rings is 1. The van der Waals surface area contributed by atoms with Crippen LogP contribution in [0.15, 0.2) is 12.1 Å². The molecular formula is C11H13F2NO. The number of hydrogen-bond donors (Lipinski definition) is 2. The van der Waals surface area contributed by atoms with Crippen molar-refractivity contribution < 1.29 is 13.9 Å². The van der Waals surface area contributed by atoms with Crippen molar-refractivity contribution in [2.75, 3.05) is 0 Å². The first-order valence-electron chi connectivity index (χ1n) is 5.03. The van der Waals surface area contributed by atoms with Gasteiger partial charge in [-0.05, 0) is 18.8 Å². The molecule has 2 nitrogen and oxygen atoms in total. The quantitative estimate of drug-likeness (QED) is 0.792.